The highest BCUT2D eigenvalue weighted by atomic mass is 35.5. The van der Waals surface area contributed by atoms with Gasteiger partial charge in [-0.15, -0.1) is 0 Å². The Morgan fingerprint density at radius 2 is 1.58 bits per heavy atom. The summed E-state index contributed by atoms with van der Waals surface area (Å²) in [7, 11) is 0. The van der Waals surface area contributed by atoms with Gasteiger partial charge in [0.15, 0.2) is 0 Å². The number of halogens is 1. The normalized spacial score (nSPS) is 14.0. The van der Waals surface area contributed by atoms with Gasteiger partial charge >= 0.3 is 0 Å². The Bertz CT molecular complexity index is 926. The van der Waals surface area contributed by atoms with Crippen LogP contribution in [0.5, 0.6) is 0 Å². The molecule has 0 bridgehead atoms. The highest BCUT2D eigenvalue weighted by Gasteiger charge is 2.41. The molecule has 2 aromatic rings. The zero-order valence-corrected chi connectivity index (χ0v) is 18.9. The largest absolute Gasteiger partial charge is 0.381 e. The summed E-state index contributed by atoms with van der Waals surface area (Å²) in [4.78, 5) is 30.1. The first kappa shape index (κ1) is 23.0. The van der Waals surface area contributed by atoms with Gasteiger partial charge in [-0.25, -0.2) is 0 Å². The number of hydrogen-bond acceptors (Lipinski definition) is 4. The number of likely N-dealkylation sites (N-methyl/N-ethyl adjacent to an activating group) is 1. The smallest absolute Gasteiger partial charge is 0.278 e. The van der Waals surface area contributed by atoms with Crippen molar-refractivity contribution in [1.82, 2.24) is 4.90 Å². The molecule has 1 heterocycles. The van der Waals surface area contributed by atoms with E-state index in [-0.39, 0.29) is 11.8 Å². The molecule has 0 atom stereocenters. The molecule has 2 amide bonds. The number of unbranched alkanes of at least 4 members (excludes halogenated alkanes) is 1. The van der Waals surface area contributed by atoms with Crippen LogP contribution in [0.1, 0.15) is 38.7 Å². The molecule has 6 heteroatoms. The highest BCUT2D eigenvalue weighted by molar-refractivity contribution is 6.37. The van der Waals surface area contributed by atoms with Gasteiger partial charge in [-0.05, 0) is 49.6 Å². The number of hydrogen-bond donors (Lipinski definition) is 0. The Labute approximate surface area is 189 Å². The van der Waals surface area contributed by atoms with Gasteiger partial charge in [0, 0.05) is 37.0 Å². The van der Waals surface area contributed by atoms with Crippen LogP contribution in [-0.4, -0.2) is 43.0 Å². The van der Waals surface area contributed by atoms with Crippen LogP contribution in [0, 0.1) is 0 Å². The van der Waals surface area contributed by atoms with Crippen LogP contribution in [0.2, 0.25) is 5.02 Å². The van der Waals surface area contributed by atoms with Gasteiger partial charge in [0.2, 0.25) is 0 Å². The molecule has 0 saturated heterocycles. The van der Waals surface area contributed by atoms with Gasteiger partial charge in [-0.3, -0.25) is 14.5 Å². The second-order valence-corrected chi connectivity index (χ2v) is 7.83. The third kappa shape index (κ3) is 5.35. The second kappa shape index (κ2) is 11.1. The minimum absolute atomic E-state index is 0.269. The number of carbonyl (C=O) groups is 2. The van der Waals surface area contributed by atoms with E-state index < -0.39 is 0 Å². The maximum Gasteiger partial charge on any atom is 0.278 e. The van der Waals surface area contributed by atoms with Gasteiger partial charge in [0.1, 0.15) is 5.70 Å². The molecule has 0 radical (unpaired) electrons. The fraction of sp³-hybridized carbons (Fsp3) is 0.360. The molecule has 0 spiro atoms. The number of rotatable bonds is 11. The third-order valence-electron chi connectivity index (χ3n) is 5.24. The van der Waals surface area contributed by atoms with Crippen LogP contribution in [0.4, 0.5) is 5.69 Å². The van der Waals surface area contributed by atoms with Crippen LogP contribution in [0.3, 0.4) is 0 Å². The van der Waals surface area contributed by atoms with Gasteiger partial charge in [0.05, 0.1) is 5.57 Å². The fourth-order valence-corrected chi connectivity index (χ4v) is 3.77. The number of para-hydroxylation sites is 1. The number of amides is 2. The van der Waals surface area contributed by atoms with E-state index in [9.17, 15) is 9.59 Å². The number of benzene rings is 2. The lowest BCUT2D eigenvalue weighted by molar-refractivity contribution is -0.137. The van der Waals surface area contributed by atoms with Crippen molar-refractivity contribution in [3.8, 4) is 0 Å². The van der Waals surface area contributed by atoms with E-state index in [1.165, 1.54) is 4.90 Å². The summed E-state index contributed by atoms with van der Waals surface area (Å²) in [6.07, 6.45) is 2.70. The maximum absolute atomic E-state index is 13.4. The van der Waals surface area contributed by atoms with Crippen LogP contribution in [0.15, 0.2) is 60.3 Å². The topological polar surface area (TPSA) is 49.9 Å². The lowest BCUT2D eigenvalue weighted by Crippen LogP contribution is -2.36. The zero-order valence-electron chi connectivity index (χ0n) is 18.1. The van der Waals surface area contributed by atoms with E-state index in [0.717, 1.165) is 18.5 Å². The highest BCUT2D eigenvalue weighted by Crippen LogP contribution is 2.34. The predicted molar refractivity (Wildman–Crippen MR) is 125 cm³/mol. The van der Waals surface area contributed by atoms with Gasteiger partial charge in [-0.1, -0.05) is 55.3 Å². The van der Waals surface area contributed by atoms with E-state index in [0.29, 0.717) is 54.6 Å². The zero-order chi connectivity index (χ0) is 22.2. The van der Waals surface area contributed by atoms with Crippen molar-refractivity contribution in [1.29, 1.82) is 0 Å². The van der Waals surface area contributed by atoms with Crippen molar-refractivity contribution >= 4 is 34.7 Å². The molecule has 0 saturated carbocycles. The average Bonchev–Trinajstić information content (AvgIpc) is 3.03. The molecule has 3 rings (SSSR count). The summed E-state index contributed by atoms with van der Waals surface area (Å²) in [5.74, 6) is -0.542. The molecule has 164 valence electrons. The van der Waals surface area contributed by atoms with E-state index in [2.05, 4.69) is 6.92 Å². The van der Waals surface area contributed by atoms with E-state index in [1.54, 1.807) is 24.3 Å². The number of carbonyl (C=O) groups excluding carboxylic acids is 2. The molecular formula is C25H29ClN2O3. The van der Waals surface area contributed by atoms with Crippen molar-refractivity contribution in [2.24, 2.45) is 0 Å². The molecule has 2 aromatic carbocycles. The van der Waals surface area contributed by atoms with Crippen molar-refractivity contribution in [3.63, 3.8) is 0 Å². The summed E-state index contributed by atoms with van der Waals surface area (Å²) < 4.78 is 5.61. The fourth-order valence-electron chi connectivity index (χ4n) is 3.64. The van der Waals surface area contributed by atoms with E-state index >= 15 is 0 Å². The minimum atomic E-state index is -0.273. The van der Waals surface area contributed by atoms with Crippen LogP contribution < -0.4 is 4.90 Å². The Hall–Kier alpha value is -2.63. The van der Waals surface area contributed by atoms with Crippen LogP contribution >= 0.6 is 11.6 Å². The SMILES string of the molecule is CCCCOCCCN1C(=O)C(c2ccc(Cl)cc2)=C(N(CC)c2ccccc2)C1=O. The van der Waals surface area contributed by atoms with Crippen molar-refractivity contribution < 1.29 is 14.3 Å². The lowest BCUT2D eigenvalue weighted by Gasteiger charge is -2.25. The van der Waals surface area contributed by atoms with E-state index in [1.807, 2.05) is 42.2 Å². The molecule has 0 aliphatic carbocycles. The lowest BCUT2D eigenvalue weighted by atomic mass is 10.0. The summed E-state index contributed by atoms with van der Waals surface area (Å²) in [5, 5.41) is 0.583. The number of imide groups is 1. The molecule has 1 aliphatic rings. The minimum Gasteiger partial charge on any atom is -0.381 e. The molecule has 1 aliphatic heterocycles. The van der Waals surface area contributed by atoms with Crippen LogP contribution in [0.25, 0.3) is 5.57 Å². The first-order valence-corrected chi connectivity index (χ1v) is 11.2. The first-order valence-electron chi connectivity index (χ1n) is 10.8. The number of anilines is 1. The molecule has 0 fully saturated rings. The van der Waals surface area contributed by atoms with Crippen molar-refractivity contribution in [2.75, 3.05) is 31.2 Å². The summed E-state index contributed by atoms with van der Waals surface area (Å²) in [5.41, 5.74) is 2.39. The summed E-state index contributed by atoms with van der Waals surface area (Å²) >= 11 is 6.05. The van der Waals surface area contributed by atoms with Crippen molar-refractivity contribution in [2.45, 2.75) is 33.1 Å². The molecule has 0 unspecified atom stereocenters. The Kier molecular flexibility index (Phi) is 8.27. The molecule has 5 nitrogen and oxygen atoms in total. The maximum atomic E-state index is 13.4. The predicted octanol–water partition coefficient (Wildman–Crippen LogP) is 5.15. The third-order valence-corrected chi connectivity index (χ3v) is 5.50. The quantitative estimate of drug-likeness (QED) is 0.358. The Balaban J connectivity index is 1.91. The monoisotopic (exact) mass is 440 g/mol. The van der Waals surface area contributed by atoms with Gasteiger partial charge < -0.3 is 9.64 Å². The average molecular weight is 441 g/mol. The molecular weight excluding hydrogens is 412 g/mol. The summed E-state index contributed by atoms with van der Waals surface area (Å²) in [6.45, 7) is 6.21. The summed E-state index contributed by atoms with van der Waals surface area (Å²) in [6, 6.07) is 16.7. The van der Waals surface area contributed by atoms with Gasteiger partial charge in [-0.2, -0.15) is 0 Å². The second-order valence-electron chi connectivity index (χ2n) is 7.39. The number of nitrogens with zero attached hydrogens (tertiary/aromatic N) is 2. The first-order chi connectivity index (χ1) is 15.1. The molecule has 31 heavy (non-hydrogen) atoms. The Morgan fingerprint density at radius 3 is 2.23 bits per heavy atom. The molecule has 0 N–H and O–H groups in total. The van der Waals surface area contributed by atoms with Crippen molar-refractivity contribution in [3.05, 3.63) is 70.9 Å². The van der Waals surface area contributed by atoms with E-state index in [4.69, 9.17) is 16.3 Å². The Morgan fingerprint density at radius 1 is 0.903 bits per heavy atom. The standard InChI is InChI=1S/C25H29ClN2O3/c1-3-5-17-31-18-9-16-28-24(29)22(19-12-14-20(26)15-13-19)23(25(28)30)27(4-2)21-10-7-6-8-11-21/h6-8,10-15H,3-5,9,16-18H2,1-2H3. The van der Waals surface area contributed by atoms with Gasteiger partial charge in [0.25, 0.3) is 11.8 Å². The van der Waals surface area contributed by atoms with Crippen LogP contribution in [-0.2, 0) is 14.3 Å². The number of ether oxygens (including phenoxy) is 1. The molecule has 0 aromatic heterocycles.